The van der Waals surface area contributed by atoms with Crippen molar-refractivity contribution in [2.24, 2.45) is 5.92 Å². The molecular weight excluding hydrogens is 334 g/mol. The lowest BCUT2D eigenvalue weighted by Gasteiger charge is -2.43. The standard InChI is InChI=1S/C15H18BrN3O2/c1-9-13(20)18-15(2,10-3-4-10)14(21)19(9)8-12-6-5-11(16)7-17-12/h5-7,9-10H,3-4,8H2,1-2H3,(H,18,20). The van der Waals surface area contributed by atoms with Gasteiger partial charge in [0.15, 0.2) is 0 Å². The van der Waals surface area contributed by atoms with Crippen molar-refractivity contribution < 1.29 is 9.59 Å². The molecule has 0 radical (unpaired) electrons. The molecule has 21 heavy (non-hydrogen) atoms. The van der Waals surface area contributed by atoms with Crippen LogP contribution in [-0.2, 0) is 16.1 Å². The maximum absolute atomic E-state index is 12.8. The lowest BCUT2D eigenvalue weighted by atomic mass is 9.89. The number of hydrogen-bond acceptors (Lipinski definition) is 3. The zero-order valence-corrected chi connectivity index (χ0v) is 13.7. The number of halogens is 1. The molecule has 5 nitrogen and oxygen atoms in total. The third-order valence-electron chi connectivity index (χ3n) is 4.45. The van der Waals surface area contributed by atoms with Crippen LogP contribution in [0.15, 0.2) is 22.8 Å². The van der Waals surface area contributed by atoms with E-state index in [0.717, 1.165) is 23.0 Å². The molecule has 112 valence electrons. The summed E-state index contributed by atoms with van der Waals surface area (Å²) in [6, 6.07) is 3.29. The fourth-order valence-electron chi connectivity index (χ4n) is 2.85. The average molecular weight is 352 g/mol. The molecule has 1 aliphatic heterocycles. The summed E-state index contributed by atoms with van der Waals surface area (Å²) in [6.45, 7) is 3.97. The molecule has 0 spiro atoms. The smallest absolute Gasteiger partial charge is 0.249 e. The predicted octanol–water partition coefficient (Wildman–Crippen LogP) is 1.86. The topological polar surface area (TPSA) is 62.3 Å². The van der Waals surface area contributed by atoms with Gasteiger partial charge < -0.3 is 10.2 Å². The van der Waals surface area contributed by atoms with Gasteiger partial charge in [0.2, 0.25) is 11.8 Å². The Hall–Kier alpha value is -1.43. The second kappa shape index (κ2) is 5.09. The SMILES string of the molecule is CC1C(=O)NC(C)(C2CC2)C(=O)N1Cc1ccc(Br)cn1. The van der Waals surface area contributed by atoms with Gasteiger partial charge in [0.25, 0.3) is 0 Å². The van der Waals surface area contributed by atoms with E-state index in [-0.39, 0.29) is 17.7 Å². The van der Waals surface area contributed by atoms with Crippen molar-refractivity contribution in [2.75, 3.05) is 0 Å². The van der Waals surface area contributed by atoms with Crippen LogP contribution >= 0.6 is 15.9 Å². The molecule has 1 aliphatic carbocycles. The summed E-state index contributed by atoms with van der Waals surface area (Å²) in [6.07, 6.45) is 3.71. The van der Waals surface area contributed by atoms with Crippen molar-refractivity contribution in [3.63, 3.8) is 0 Å². The van der Waals surface area contributed by atoms with Crippen LogP contribution in [0.2, 0.25) is 0 Å². The largest absolute Gasteiger partial charge is 0.340 e. The van der Waals surface area contributed by atoms with Crippen molar-refractivity contribution in [3.8, 4) is 0 Å². The summed E-state index contributed by atoms with van der Waals surface area (Å²) in [5.74, 6) is 0.185. The van der Waals surface area contributed by atoms with E-state index in [1.165, 1.54) is 0 Å². The number of nitrogens with one attached hydrogen (secondary N) is 1. The molecular formula is C15H18BrN3O2. The van der Waals surface area contributed by atoms with Gasteiger partial charge in [0.05, 0.1) is 12.2 Å². The molecule has 2 amide bonds. The van der Waals surface area contributed by atoms with E-state index < -0.39 is 11.6 Å². The number of carbonyl (C=O) groups is 2. The highest BCUT2D eigenvalue weighted by atomic mass is 79.9. The zero-order chi connectivity index (χ0) is 15.2. The molecule has 1 aromatic heterocycles. The first-order valence-corrected chi connectivity index (χ1v) is 7.94. The molecule has 2 fully saturated rings. The number of amides is 2. The van der Waals surface area contributed by atoms with E-state index in [1.807, 2.05) is 19.1 Å². The van der Waals surface area contributed by atoms with Gasteiger partial charge in [-0.15, -0.1) is 0 Å². The molecule has 6 heteroatoms. The second-order valence-electron chi connectivity index (χ2n) is 6.04. The summed E-state index contributed by atoms with van der Waals surface area (Å²) in [5.41, 5.74) is 0.0325. The van der Waals surface area contributed by atoms with Crippen LogP contribution in [0.25, 0.3) is 0 Å². The van der Waals surface area contributed by atoms with Gasteiger partial charge in [-0.1, -0.05) is 0 Å². The first-order chi connectivity index (χ1) is 9.91. The Kier molecular flexibility index (Phi) is 3.51. The van der Waals surface area contributed by atoms with Crippen molar-refractivity contribution >= 4 is 27.7 Å². The van der Waals surface area contributed by atoms with E-state index in [1.54, 1.807) is 18.0 Å². The molecule has 2 atom stereocenters. The maximum Gasteiger partial charge on any atom is 0.249 e. The minimum Gasteiger partial charge on any atom is -0.340 e. The third kappa shape index (κ3) is 2.57. The first kappa shape index (κ1) is 14.5. The summed E-state index contributed by atoms with van der Waals surface area (Å²) < 4.78 is 0.893. The van der Waals surface area contributed by atoms with Crippen molar-refractivity contribution in [3.05, 3.63) is 28.5 Å². The third-order valence-corrected chi connectivity index (χ3v) is 4.92. The molecule has 1 saturated carbocycles. The van der Waals surface area contributed by atoms with Gasteiger partial charge in [0.1, 0.15) is 11.6 Å². The van der Waals surface area contributed by atoms with E-state index in [9.17, 15) is 9.59 Å². The zero-order valence-electron chi connectivity index (χ0n) is 12.1. The molecule has 2 heterocycles. The monoisotopic (exact) mass is 351 g/mol. The summed E-state index contributed by atoms with van der Waals surface area (Å²) >= 11 is 3.34. The fraction of sp³-hybridized carbons (Fsp3) is 0.533. The van der Waals surface area contributed by atoms with Crippen LogP contribution in [-0.4, -0.2) is 33.3 Å². The molecule has 1 saturated heterocycles. The lowest BCUT2D eigenvalue weighted by Crippen LogP contribution is -2.69. The van der Waals surface area contributed by atoms with Crippen LogP contribution in [0.1, 0.15) is 32.4 Å². The predicted molar refractivity (Wildman–Crippen MR) is 81.2 cm³/mol. The highest BCUT2D eigenvalue weighted by Gasteiger charge is 2.54. The number of piperazine rings is 1. The summed E-state index contributed by atoms with van der Waals surface area (Å²) in [4.78, 5) is 31.0. The lowest BCUT2D eigenvalue weighted by molar-refractivity contribution is -0.155. The van der Waals surface area contributed by atoms with Gasteiger partial charge >= 0.3 is 0 Å². The summed E-state index contributed by atoms with van der Waals surface area (Å²) in [7, 11) is 0. The summed E-state index contributed by atoms with van der Waals surface area (Å²) in [5, 5.41) is 2.92. The van der Waals surface area contributed by atoms with E-state index in [2.05, 4.69) is 26.2 Å². The number of nitrogens with zero attached hydrogens (tertiary/aromatic N) is 2. The Morgan fingerprint density at radius 1 is 1.43 bits per heavy atom. The molecule has 3 rings (SSSR count). The van der Waals surface area contributed by atoms with Crippen LogP contribution in [0.5, 0.6) is 0 Å². The minimum atomic E-state index is -0.751. The Morgan fingerprint density at radius 3 is 2.71 bits per heavy atom. The number of aromatic nitrogens is 1. The highest BCUT2D eigenvalue weighted by molar-refractivity contribution is 9.10. The van der Waals surface area contributed by atoms with Gasteiger partial charge in [-0.25, -0.2) is 0 Å². The van der Waals surface area contributed by atoms with Crippen molar-refractivity contribution in [1.29, 1.82) is 0 Å². The van der Waals surface area contributed by atoms with Crippen LogP contribution in [0, 0.1) is 5.92 Å². The van der Waals surface area contributed by atoms with Crippen LogP contribution in [0.3, 0.4) is 0 Å². The van der Waals surface area contributed by atoms with E-state index in [0.29, 0.717) is 6.54 Å². The maximum atomic E-state index is 12.8. The second-order valence-corrected chi connectivity index (χ2v) is 6.96. The highest BCUT2D eigenvalue weighted by Crippen LogP contribution is 2.42. The Labute approximate surface area is 132 Å². The van der Waals surface area contributed by atoms with Crippen molar-refractivity contribution in [1.82, 2.24) is 15.2 Å². The Balaban J connectivity index is 1.85. The number of pyridine rings is 1. The van der Waals surface area contributed by atoms with Gasteiger partial charge in [-0.2, -0.15) is 0 Å². The first-order valence-electron chi connectivity index (χ1n) is 7.15. The Bertz CT molecular complexity index is 585. The molecule has 1 aromatic rings. The molecule has 0 bridgehead atoms. The average Bonchev–Trinajstić information content (AvgIpc) is 3.28. The number of carbonyl (C=O) groups excluding carboxylic acids is 2. The van der Waals surface area contributed by atoms with E-state index in [4.69, 9.17) is 0 Å². The van der Waals surface area contributed by atoms with Gasteiger partial charge in [0, 0.05) is 10.7 Å². The van der Waals surface area contributed by atoms with E-state index >= 15 is 0 Å². The fourth-order valence-corrected chi connectivity index (χ4v) is 3.08. The van der Waals surface area contributed by atoms with Crippen molar-refractivity contribution in [2.45, 2.75) is 44.8 Å². The van der Waals surface area contributed by atoms with Gasteiger partial charge in [-0.05, 0) is 60.7 Å². The van der Waals surface area contributed by atoms with Crippen LogP contribution < -0.4 is 5.32 Å². The molecule has 0 aromatic carbocycles. The normalized spacial score (nSPS) is 29.5. The number of rotatable bonds is 3. The van der Waals surface area contributed by atoms with Gasteiger partial charge in [-0.3, -0.25) is 14.6 Å². The van der Waals surface area contributed by atoms with Crippen LogP contribution in [0.4, 0.5) is 0 Å². The quantitative estimate of drug-likeness (QED) is 0.903. The molecule has 2 aliphatic rings. The minimum absolute atomic E-state index is 0.00168. The molecule has 1 N–H and O–H groups in total. The molecule has 2 unspecified atom stereocenters. The number of hydrogen-bond donors (Lipinski definition) is 1. The Morgan fingerprint density at radius 2 is 2.14 bits per heavy atom.